The molecule has 0 saturated heterocycles. The van der Waals surface area contributed by atoms with Gasteiger partial charge in [-0.15, -0.1) is 0 Å². The Morgan fingerprint density at radius 2 is 2.24 bits per heavy atom. The van der Waals surface area contributed by atoms with Gasteiger partial charge in [0, 0.05) is 25.3 Å². The first-order valence-electron chi connectivity index (χ1n) is 7.02. The van der Waals surface area contributed by atoms with Gasteiger partial charge in [-0.3, -0.25) is 0 Å². The zero-order chi connectivity index (χ0) is 12.1. The van der Waals surface area contributed by atoms with Gasteiger partial charge in [-0.2, -0.15) is 0 Å². The molecule has 1 fully saturated rings. The lowest BCUT2D eigenvalue weighted by Crippen LogP contribution is -2.28. The third-order valence-corrected chi connectivity index (χ3v) is 3.97. The van der Waals surface area contributed by atoms with Crippen LogP contribution in [0.5, 0.6) is 0 Å². The molecule has 1 heterocycles. The molecule has 17 heavy (non-hydrogen) atoms. The minimum atomic E-state index is 0.708. The summed E-state index contributed by atoms with van der Waals surface area (Å²) in [7, 11) is 0. The Hall–Kier alpha value is -0.830. The van der Waals surface area contributed by atoms with Crippen molar-refractivity contribution in [3.05, 3.63) is 18.2 Å². The summed E-state index contributed by atoms with van der Waals surface area (Å²) in [5.41, 5.74) is 1.31. The molecule has 1 aromatic rings. The molecular formula is C14H25N3. The van der Waals surface area contributed by atoms with Crippen LogP contribution in [0.1, 0.15) is 51.6 Å². The minimum absolute atomic E-state index is 0.708. The van der Waals surface area contributed by atoms with Crippen molar-refractivity contribution >= 4 is 0 Å². The Balaban J connectivity index is 1.81. The molecule has 0 amide bonds. The zero-order valence-corrected chi connectivity index (χ0v) is 11.2. The van der Waals surface area contributed by atoms with Gasteiger partial charge < -0.3 is 9.88 Å². The fraction of sp³-hybridized carbons (Fsp3) is 0.786. The number of hydrogen-bond acceptors (Lipinski definition) is 2. The molecule has 0 aliphatic heterocycles. The monoisotopic (exact) mass is 235 g/mol. The standard InChI is InChI=1S/C14H25N3/c1-3-17-11-15-9-14(17)10-16-13-6-4-5-12(2)7-8-13/h9,11-13,16H,3-8,10H2,1-2H3. The van der Waals surface area contributed by atoms with E-state index in [1.54, 1.807) is 0 Å². The Labute approximate surface area is 105 Å². The summed E-state index contributed by atoms with van der Waals surface area (Å²) in [6.07, 6.45) is 10.7. The van der Waals surface area contributed by atoms with Gasteiger partial charge in [-0.1, -0.05) is 19.8 Å². The number of imidazole rings is 1. The normalized spacial score (nSPS) is 25.8. The second kappa shape index (κ2) is 6.20. The van der Waals surface area contributed by atoms with Gasteiger partial charge in [-0.25, -0.2) is 4.98 Å². The SMILES string of the molecule is CCn1cncc1CNC1CCCC(C)CC1. The van der Waals surface area contributed by atoms with Crippen molar-refractivity contribution in [2.75, 3.05) is 0 Å². The molecular weight excluding hydrogens is 210 g/mol. The highest BCUT2D eigenvalue weighted by Crippen LogP contribution is 2.22. The molecule has 0 spiro atoms. The van der Waals surface area contributed by atoms with Crippen molar-refractivity contribution < 1.29 is 0 Å². The first kappa shape index (κ1) is 12.6. The predicted octanol–water partition coefficient (Wildman–Crippen LogP) is 2.96. The van der Waals surface area contributed by atoms with Crippen LogP contribution < -0.4 is 5.32 Å². The quantitative estimate of drug-likeness (QED) is 0.813. The van der Waals surface area contributed by atoms with E-state index in [1.807, 2.05) is 12.5 Å². The zero-order valence-electron chi connectivity index (χ0n) is 11.2. The predicted molar refractivity (Wildman–Crippen MR) is 70.8 cm³/mol. The van der Waals surface area contributed by atoms with Crippen LogP contribution in [0.2, 0.25) is 0 Å². The van der Waals surface area contributed by atoms with Crippen molar-refractivity contribution in [3.8, 4) is 0 Å². The summed E-state index contributed by atoms with van der Waals surface area (Å²) in [4.78, 5) is 4.21. The smallest absolute Gasteiger partial charge is 0.0948 e. The van der Waals surface area contributed by atoms with E-state index in [1.165, 1.54) is 37.8 Å². The maximum atomic E-state index is 4.21. The lowest BCUT2D eigenvalue weighted by Gasteiger charge is -2.16. The van der Waals surface area contributed by atoms with E-state index in [9.17, 15) is 0 Å². The van der Waals surface area contributed by atoms with Crippen LogP contribution in [0.15, 0.2) is 12.5 Å². The molecule has 96 valence electrons. The highest BCUT2D eigenvalue weighted by atomic mass is 15.1. The molecule has 1 saturated carbocycles. The van der Waals surface area contributed by atoms with Crippen molar-refractivity contribution in [2.45, 2.75) is 65.1 Å². The van der Waals surface area contributed by atoms with E-state index in [2.05, 4.69) is 28.7 Å². The van der Waals surface area contributed by atoms with E-state index in [0.29, 0.717) is 6.04 Å². The van der Waals surface area contributed by atoms with Gasteiger partial charge in [0.05, 0.1) is 12.0 Å². The van der Waals surface area contributed by atoms with E-state index in [0.717, 1.165) is 19.0 Å². The van der Waals surface area contributed by atoms with E-state index in [-0.39, 0.29) is 0 Å². The summed E-state index contributed by atoms with van der Waals surface area (Å²) < 4.78 is 2.21. The lowest BCUT2D eigenvalue weighted by atomic mass is 10.0. The summed E-state index contributed by atoms with van der Waals surface area (Å²) in [6, 6.07) is 0.708. The number of hydrogen-bond donors (Lipinski definition) is 1. The Kier molecular flexibility index (Phi) is 4.60. The number of aromatic nitrogens is 2. The van der Waals surface area contributed by atoms with Crippen molar-refractivity contribution in [1.29, 1.82) is 0 Å². The number of nitrogens with one attached hydrogen (secondary N) is 1. The molecule has 1 aliphatic rings. The van der Waals surface area contributed by atoms with Gasteiger partial charge in [0.15, 0.2) is 0 Å². The van der Waals surface area contributed by atoms with E-state index < -0.39 is 0 Å². The van der Waals surface area contributed by atoms with Gasteiger partial charge >= 0.3 is 0 Å². The van der Waals surface area contributed by atoms with Crippen LogP contribution in [0, 0.1) is 5.92 Å². The largest absolute Gasteiger partial charge is 0.334 e. The molecule has 0 radical (unpaired) electrons. The first-order chi connectivity index (χ1) is 8.29. The third kappa shape index (κ3) is 3.56. The van der Waals surface area contributed by atoms with Crippen LogP contribution in [0.25, 0.3) is 0 Å². The number of nitrogens with zero attached hydrogens (tertiary/aromatic N) is 2. The molecule has 3 heteroatoms. The maximum absolute atomic E-state index is 4.21. The van der Waals surface area contributed by atoms with Crippen LogP contribution in [0.4, 0.5) is 0 Å². The summed E-state index contributed by atoms with van der Waals surface area (Å²) >= 11 is 0. The molecule has 0 aromatic carbocycles. The van der Waals surface area contributed by atoms with Crippen LogP contribution in [-0.2, 0) is 13.1 Å². The molecule has 2 atom stereocenters. The molecule has 1 N–H and O–H groups in total. The van der Waals surface area contributed by atoms with Gasteiger partial charge in [-0.05, 0) is 32.1 Å². The van der Waals surface area contributed by atoms with Gasteiger partial charge in [0.1, 0.15) is 0 Å². The summed E-state index contributed by atoms with van der Waals surface area (Å²) in [6.45, 7) is 6.53. The lowest BCUT2D eigenvalue weighted by molar-refractivity contribution is 0.440. The Bertz CT molecular complexity index is 332. The van der Waals surface area contributed by atoms with Crippen molar-refractivity contribution in [2.24, 2.45) is 5.92 Å². The summed E-state index contributed by atoms with van der Waals surface area (Å²) in [5, 5.41) is 3.70. The fourth-order valence-electron chi connectivity index (χ4n) is 2.72. The molecule has 0 bridgehead atoms. The van der Waals surface area contributed by atoms with Crippen molar-refractivity contribution in [1.82, 2.24) is 14.9 Å². The van der Waals surface area contributed by atoms with Gasteiger partial charge in [0.25, 0.3) is 0 Å². The second-order valence-electron chi connectivity index (χ2n) is 5.36. The fourth-order valence-corrected chi connectivity index (χ4v) is 2.72. The molecule has 3 nitrogen and oxygen atoms in total. The van der Waals surface area contributed by atoms with Crippen LogP contribution >= 0.6 is 0 Å². The second-order valence-corrected chi connectivity index (χ2v) is 5.36. The topological polar surface area (TPSA) is 29.9 Å². The first-order valence-corrected chi connectivity index (χ1v) is 7.02. The molecule has 2 unspecified atom stereocenters. The summed E-state index contributed by atoms with van der Waals surface area (Å²) in [5.74, 6) is 0.919. The Morgan fingerprint density at radius 1 is 1.35 bits per heavy atom. The minimum Gasteiger partial charge on any atom is -0.334 e. The molecule has 2 rings (SSSR count). The highest BCUT2D eigenvalue weighted by Gasteiger charge is 2.15. The molecule has 1 aliphatic carbocycles. The van der Waals surface area contributed by atoms with E-state index in [4.69, 9.17) is 0 Å². The average molecular weight is 235 g/mol. The third-order valence-electron chi connectivity index (χ3n) is 3.97. The Morgan fingerprint density at radius 3 is 3.06 bits per heavy atom. The van der Waals surface area contributed by atoms with Crippen molar-refractivity contribution in [3.63, 3.8) is 0 Å². The average Bonchev–Trinajstić information content (AvgIpc) is 2.69. The van der Waals surface area contributed by atoms with Gasteiger partial charge in [0.2, 0.25) is 0 Å². The van der Waals surface area contributed by atoms with Crippen LogP contribution in [0.3, 0.4) is 0 Å². The maximum Gasteiger partial charge on any atom is 0.0948 e. The highest BCUT2D eigenvalue weighted by molar-refractivity contribution is 4.98. The number of aryl methyl sites for hydroxylation is 1. The molecule has 1 aromatic heterocycles. The van der Waals surface area contributed by atoms with E-state index >= 15 is 0 Å². The number of rotatable bonds is 4. The van der Waals surface area contributed by atoms with Crippen LogP contribution in [-0.4, -0.2) is 15.6 Å².